The predicted octanol–water partition coefficient (Wildman–Crippen LogP) is 6.36. The van der Waals surface area contributed by atoms with Gasteiger partial charge in [-0.05, 0) is 79.6 Å². The average molecular weight is 593 g/mol. The minimum atomic E-state index is -0.268. The Morgan fingerprint density at radius 1 is 0.977 bits per heavy atom. The molecule has 6 rings (SSSR count). The van der Waals surface area contributed by atoms with Crippen LogP contribution in [0.2, 0.25) is 0 Å². The molecular formula is C34H32N4O4S. The second-order valence-electron chi connectivity index (χ2n) is 10.3. The number of aliphatic imine (C=N–C) groups is 1. The normalized spacial score (nSPS) is 16.4. The molecule has 0 saturated carbocycles. The number of rotatable bonds is 8. The second-order valence-corrected chi connectivity index (χ2v) is 11.3. The van der Waals surface area contributed by atoms with E-state index in [9.17, 15) is 9.59 Å². The quantitative estimate of drug-likeness (QED) is 0.174. The molecule has 8 nitrogen and oxygen atoms in total. The highest BCUT2D eigenvalue weighted by molar-refractivity contribution is 8.18. The number of carbonyl (C=O) groups is 2. The van der Waals surface area contributed by atoms with Gasteiger partial charge in [-0.3, -0.25) is 9.59 Å². The molecule has 0 spiro atoms. The zero-order valence-electron chi connectivity index (χ0n) is 23.9. The Morgan fingerprint density at radius 2 is 1.67 bits per heavy atom. The molecule has 0 atom stereocenters. The van der Waals surface area contributed by atoms with Crippen molar-refractivity contribution in [2.75, 3.05) is 19.7 Å². The summed E-state index contributed by atoms with van der Waals surface area (Å²) in [6.07, 6.45) is 5.18. The van der Waals surface area contributed by atoms with Gasteiger partial charge in [0.25, 0.3) is 5.91 Å². The van der Waals surface area contributed by atoms with Crippen molar-refractivity contribution in [2.24, 2.45) is 10.9 Å². The molecule has 2 aliphatic rings. The van der Waals surface area contributed by atoms with E-state index in [1.807, 2.05) is 109 Å². The molecular weight excluding hydrogens is 560 g/mol. The number of likely N-dealkylation sites (tertiary alicyclic amines) is 1. The summed E-state index contributed by atoms with van der Waals surface area (Å²) >= 11 is 1.37. The Hall–Kier alpha value is -4.63. The maximum absolute atomic E-state index is 13.0. The maximum Gasteiger partial charge on any atom is 0.309 e. The van der Waals surface area contributed by atoms with Crippen LogP contribution in [0, 0.1) is 5.92 Å². The third-order valence-corrected chi connectivity index (χ3v) is 8.47. The Bertz CT molecular complexity index is 1640. The summed E-state index contributed by atoms with van der Waals surface area (Å²) in [7, 11) is 0. The minimum absolute atomic E-state index is 0.101. The Labute approximate surface area is 255 Å². The van der Waals surface area contributed by atoms with Crippen molar-refractivity contribution in [1.29, 1.82) is 0 Å². The molecule has 218 valence electrons. The number of nitrogens with zero attached hydrogens (tertiary/aromatic N) is 4. The molecule has 2 aliphatic heterocycles. The number of carbonyl (C=O) groups excluding carboxylic acids is 2. The molecule has 0 bridgehead atoms. The molecule has 1 saturated heterocycles. The number of benzene rings is 3. The molecule has 0 radical (unpaired) electrons. The third-order valence-electron chi connectivity index (χ3n) is 7.42. The number of hydrogen-bond donors (Lipinski definition) is 0. The number of esters is 1. The molecule has 1 amide bonds. The monoisotopic (exact) mass is 592 g/mol. The van der Waals surface area contributed by atoms with E-state index in [0.29, 0.717) is 49.2 Å². The Morgan fingerprint density at radius 3 is 2.37 bits per heavy atom. The molecule has 0 N–H and O–H groups in total. The Kier molecular flexibility index (Phi) is 8.70. The van der Waals surface area contributed by atoms with E-state index >= 15 is 0 Å². The van der Waals surface area contributed by atoms with Gasteiger partial charge < -0.3 is 14.4 Å². The summed E-state index contributed by atoms with van der Waals surface area (Å²) in [4.78, 5) is 32.2. The van der Waals surface area contributed by atoms with Gasteiger partial charge in [0, 0.05) is 30.4 Å². The minimum Gasteiger partial charge on any atom is -0.489 e. The van der Waals surface area contributed by atoms with Crippen molar-refractivity contribution in [2.45, 2.75) is 26.4 Å². The van der Waals surface area contributed by atoms with Crippen molar-refractivity contribution in [3.05, 3.63) is 107 Å². The third kappa shape index (κ3) is 6.73. The van der Waals surface area contributed by atoms with Crippen LogP contribution in [0.15, 0.2) is 101 Å². The molecule has 3 heterocycles. The average Bonchev–Trinajstić information content (AvgIpc) is 3.65. The van der Waals surface area contributed by atoms with Crippen molar-refractivity contribution >= 4 is 34.9 Å². The highest BCUT2D eigenvalue weighted by Crippen LogP contribution is 2.35. The van der Waals surface area contributed by atoms with Crippen LogP contribution in [-0.4, -0.2) is 51.4 Å². The van der Waals surface area contributed by atoms with Crippen LogP contribution < -0.4 is 4.74 Å². The number of piperidine rings is 1. The highest BCUT2D eigenvalue weighted by Gasteiger charge is 2.32. The van der Waals surface area contributed by atoms with E-state index in [4.69, 9.17) is 14.6 Å². The van der Waals surface area contributed by atoms with Gasteiger partial charge in [-0.2, -0.15) is 10.1 Å². The van der Waals surface area contributed by atoms with Crippen molar-refractivity contribution < 1.29 is 19.1 Å². The SMILES string of the molecule is CCOC(=O)C1CCN(C2=NC(=O)C(=Cc3cn(-c4ccccc4)nc3-c3ccc(OCc4ccccc4)cc3)S2)CC1. The summed E-state index contributed by atoms with van der Waals surface area (Å²) in [5.41, 5.74) is 4.50. The van der Waals surface area contributed by atoms with E-state index in [0.717, 1.165) is 33.8 Å². The molecule has 0 aliphatic carbocycles. The van der Waals surface area contributed by atoms with Gasteiger partial charge in [-0.25, -0.2) is 4.68 Å². The van der Waals surface area contributed by atoms with Crippen LogP contribution in [0.5, 0.6) is 5.75 Å². The number of para-hydroxylation sites is 1. The van der Waals surface area contributed by atoms with Crippen molar-refractivity contribution in [3.8, 4) is 22.7 Å². The number of amides is 1. The lowest BCUT2D eigenvalue weighted by Gasteiger charge is -2.31. The van der Waals surface area contributed by atoms with Gasteiger partial charge in [0.1, 0.15) is 12.4 Å². The smallest absolute Gasteiger partial charge is 0.309 e. The Balaban J connectivity index is 1.21. The number of ether oxygens (including phenoxy) is 2. The molecule has 0 unspecified atom stereocenters. The molecule has 3 aromatic carbocycles. The molecule has 1 aromatic heterocycles. The fourth-order valence-corrected chi connectivity index (χ4v) is 6.08. The molecule has 4 aromatic rings. The summed E-state index contributed by atoms with van der Waals surface area (Å²) in [5.74, 6) is 0.255. The van der Waals surface area contributed by atoms with Crippen LogP contribution in [0.25, 0.3) is 23.0 Å². The number of thioether (sulfide) groups is 1. The van der Waals surface area contributed by atoms with Gasteiger partial charge in [0.15, 0.2) is 5.17 Å². The summed E-state index contributed by atoms with van der Waals surface area (Å²) in [5, 5.41) is 5.59. The van der Waals surface area contributed by atoms with Crippen LogP contribution in [0.4, 0.5) is 0 Å². The first kappa shape index (κ1) is 28.5. The van der Waals surface area contributed by atoms with Gasteiger partial charge in [-0.1, -0.05) is 48.5 Å². The van der Waals surface area contributed by atoms with Crippen LogP contribution in [0.3, 0.4) is 0 Å². The zero-order chi connectivity index (χ0) is 29.6. The van der Waals surface area contributed by atoms with Gasteiger partial charge >= 0.3 is 5.97 Å². The molecule has 43 heavy (non-hydrogen) atoms. The van der Waals surface area contributed by atoms with Crippen LogP contribution in [-0.2, 0) is 20.9 Å². The van der Waals surface area contributed by atoms with Crippen molar-refractivity contribution in [1.82, 2.24) is 14.7 Å². The summed E-state index contributed by atoms with van der Waals surface area (Å²) < 4.78 is 13.0. The van der Waals surface area contributed by atoms with E-state index < -0.39 is 0 Å². The standard InChI is InChI=1S/C34H32N4O4S/c1-2-41-33(40)26-17-19-37(20-18-26)34-35-32(39)30(43-34)21-27-22-38(28-11-7-4-8-12-28)36-31(27)25-13-15-29(16-14-25)42-23-24-9-5-3-6-10-24/h3-16,21-22,26H,2,17-20,23H2,1H3. The van der Waals surface area contributed by atoms with Gasteiger partial charge in [0.05, 0.1) is 28.8 Å². The molecule has 9 heteroatoms. The summed E-state index contributed by atoms with van der Waals surface area (Å²) in [6.45, 7) is 4.02. The first-order valence-electron chi connectivity index (χ1n) is 14.4. The fraction of sp³-hybridized carbons (Fsp3) is 0.235. The van der Waals surface area contributed by atoms with Crippen LogP contribution >= 0.6 is 11.8 Å². The fourth-order valence-electron chi connectivity index (χ4n) is 5.12. The highest BCUT2D eigenvalue weighted by atomic mass is 32.2. The lowest BCUT2D eigenvalue weighted by atomic mass is 9.97. The van der Waals surface area contributed by atoms with E-state index in [2.05, 4.69) is 9.89 Å². The van der Waals surface area contributed by atoms with E-state index in [1.165, 1.54) is 11.8 Å². The van der Waals surface area contributed by atoms with E-state index in [-0.39, 0.29) is 17.8 Å². The lowest BCUT2D eigenvalue weighted by molar-refractivity contribution is -0.149. The van der Waals surface area contributed by atoms with Gasteiger partial charge in [-0.15, -0.1) is 0 Å². The first-order valence-corrected chi connectivity index (χ1v) is 15.3. The van der Waals surface area contributed by atoms with Gasteiger partial charge in [0.2, 0.25) is 0 Å². The topological polar surface area (TPSA) is 86.0 Å². The number of amidine groups is 1. The van der Waals surface area contributed by atoms with Crippen LogP contribution in [0.1, 0.15) is 30.9 Å². The number of hydrogen-bond acceptors (Lipinski definition) is 7. The second kappa shape index (κ2) is 13.1. The van der Waals surface area contributed by atoms with Crippen molar-refractivity contribution in [3.63, 3.8) is 0 Å². The largest absolute Gasteiger partial charge is 0.489 e. The predicted molar refractivity (Wildman–Crippen MR) is 169 cm³/mol. The summed E-state index contributed by atoms with van der Waals surface area (Å²) in [6, 6.07) is 27.8. The zero-order valence-corrected chi connectivity index (χ0v) is 24.7. The first-order chi connectivity index (χ1) is 21.1. The molecule has 1 fully saturated rings. The maximum atomic E-state index is 13.0. The van der Waals surface area contributed by atoms with E-state index in [1.54, 1.807) is 0 Å². The lowest BCUT2D eigenvalue weighted by Crippen LogP contribution is -2.39. The number of aromatic nitrogens is 2.